The van der Waals surface area contributed by atoms with Crippen LogP contribution in [0.3, 0.4) is 0 Å². The monoisotopic (exact) mass is 469 g/mol. The van der Waals surface area contributed by atoms with Gasteiger partial charge in [-0.25, -0.2) is 9.18 Å². The van der Waals surface area contributed by atoms with E-state index in [0.29, 0.717) is 29.9 Å². The number of benzene rings is 2. The topological polar surface area (TPSA) is 112 Å². The van der Waals surface area contributed by atoms with Crippen LogP contribution in [-0.2, 0) is 20.9 Å². The SMILES string of the molecule is CC(=O)NC[C@H]1CN(c2ccc(-c3ccc(CNC(=O)[C@H]4CNCCN4)cc3)c(F)c2)C(=O)O1. The first-order valence-corrected chi connectivity index (χ1v) is 11.2. The van der Waals surface area contributed by atoms with Crippen LogP contribution in [0.2, 0.25) is 0 Å². The molecule has 0 radical (unpaired) electrons. The summed E-state index contributed by atoms with van der Waals surface area (Å²) in [6, 6.07) is 11.6. The van der Waals surface area contributed by atoms with Crippen molar-refractivity contribution in [2.24, 2.45) is 0 Å². The number of carbonyl (C=O) groups is 3. The van der Waals surface area contributed by atoms with Gasteiger partial charge in [-0.2, -0.15) is 0 Å². The van der Waals surface area contributed by atoms with Crippen LogP contribution in [0.5, 0.6) is 0 Å². The summed E-state index contributed by atoms with van der Waals surface area (Å²) >= 11 is 0. The van der Waals surface area contributed by atoms with Crippen molar-refractivity contribution in [1.29, 1.82) is 0 Å². The van der Waals surface area contributed by atoms with Gasteiger partial charge in [-0.1, -0.05) is 24.3 Å². The normalized spacial score (nSPS) is 20.1. The Balaban J connectivity index is 1.36. The Morgan fingerprint density at radius 2 is 1.94 bits per heavy atom. The van der Waals surface area contributed by atoms with E-state index in [2.05, 4.69) is 21.3 Å². The van der Waals surface area contributed by atoms with Crippen molar-refractivity contribution in [3.8, 4) is 11.1 Å². The smallest absolute Gasteiger partial charge is 0.414 e. The van der Waals surface area contributed by atoms with Crippen molar-refractivity contribution in [2.75, 3.05) is 37.6 Å². The zero-order valence-electron chi connectivity index (χ0n) is 18.9. The van der Waals surface area contributed by atoms with Crippen molar-refractivity contribution < 1.29 is 23.5 Å². The van der Waals surface area contributed by atoms with Crippen molar-refractivity contribution in [2.45, 2.75) is 25.6 Å². The van der Waals surface area contributed by atoms with Crippen LogP contribution in [0, 0.1) is 5.82 Å². The van der Waals surface area contributed by atoms with Crippen molar-refractivity contribution in [1.82, 2.24) is 21.3 Å². The zero-order valence-corrected chi connectivity index (χ0v) is 18.9. The molecule has 3 amide bonds. The van der Waals surface area contributed by atoms with Crippen molar-refractivity contribution in [3.05, 3.63) is 53.8 Å². The van der Waals surface area contributed by atoms with Crippen LogP contribution < -0.4 is 26.2 Å². The molecule has 0 saturated carbocycles. The summed E-state index contributed by atoms with van der Waals surface area (Å²) in [6.07, 6.45) is -1.06. The predicted octanol–water partition coefficient (Wildman–Crippen LogP) is 1.13. The minimum atomic E-state index is -0.576. The Morgan fingerprint density at radius 1 is 1.15 bits per heavy atom. The number of nitrogens with zero attached hydrogens (tertiary/aromatic N) is 1. The molecule has 2 fully saturated rings. The van der Waals surface area contributed by atoms with E-state index in [1.807, 2.05) is 12.1 Å². The molecule has 2 saturated heterocycles. The zero-order chi connectivity index (χ0) is 24.1. The second-order valence-corrected chi connectivity index (χ2v) is 8.34. The number of amides is 3. The van der Waals surface area contributed by atoms with Crippen LogP contribution in [-0.4, -0.2) is 62.8 Å². The third-order valence-corrected chi connectivity index (χ3v) is 5.81. The number of anilines is 1. The van der Waals surface area contributed by atoms with Gasteiger partial charge < -0.3 is 26.0 Å². The fourth-order valence-electron chi connectivity index (χ4n) is 3.96. The number of cyclic esters (lactones) is 1. The fourth-order valence-corrected chi connectivity index (χ4v) is 3.96. The van der Waals surface area contributed by atoms with Gasteiger partial charge >= 0.3 is 6.09 Å². The number of piperazine rings is 1. The lowest BCUT2D eigenvalue weighted by Crippen LogP contribution is -2.55. The molecule has 34 heavy (non-hydrogen) atoms. The summed E-state index contributed by atoms with van der Waals surface area (Å²) in [5.41, 5.74) is 2.38. The van der Waals surface area contributed by atoms with Gasteiger partial charge in [0.25, 0.3) is 0 Å². The average Bonchev–Trinajstić information content (AvgIpc) is 3.22. The number of rotatable bonds is 7. The van der Waals surface area contributed by atoms with Crippen LogP contribution in [0.4, 0.5) is 14.9 Å². The minimum absolute atomic E-state index is 0.0577. The molecule has 0 unspecified atom stereocenters. The first kappa shape index (κ1) is 23.7. The molecule has 2 aliphatic heterocycles. The molecular weight excluding hydrogens is 441 g/mol. The van der Waals surface area contributed by atoms with Gasteiger partial charge in [0.2, 0.25) is 11.8 Å². The van der Waals surface area contributed by atoms with E-state index < -0.39 is 18.0 Å². The molecule has 2 atom stereocenters. The molecule has 10 heteroatoms. The maximum absolute atomic E-state index is 14.9. The molecule has 4 rings (SSSR count). The van der Waals surface area contributed by atoms with Crippen LogP contribution in [0.25, 0.3) is 11.1 Å². The fraction of sp³-hybridized carbons (Fsp3) is 0.375. The Morgan fingerprint density at radius 3 is 2.62 bits per heavy atom. The van der Waals surface area contributed by atoms with E-state index in [4.69, 9.17) is 4.74 Å². The number of carbonyl (C=O) groups excluding carboxylic acids is 3. The van der Waals surface area contributed by atoms with Crippen LogP contribution in [0.15, 0.2) is 42.5 Å². The molecule has 2 heterocycles. The quantitative estimate of drug-likeness (QED) is 0.484. The molecule has 4 N–H and O–H groups in total. The maximum Gasteiger partial charge on any atom is 0.414 e. The number of hydrogen-bond acceptors (Lipinski definition) is 6. The third-order valence-electron chi connectivity index (χ3n) is 5.81. The standard InChI is InChI=1S/C24H28FN5O4/c1-15(31)28-12-19-14-30(24(33)34-19)18-6-7-20(21(25)10-18)17-4-2-16(3-5-17)11-29-23(32)22-13-26-8-9-27-22/h2-7,10,19,22,26-27H,8-9,11-14H2,1H3,(H,28,31)(H,29,32)/t19-,22+/m0/s1. The van der Waals surface area contributed by atoms with E-state index in [9.17, 15) is 18.8 Å². The summed E-state index contributed by atoms with van der Waals surface area (Å²) in [7, 11) is 0. The maximum atomic E-state index is 14.9. The van der Waals surface area contributed by atoms with Gasteiger partial charge in [-0.3, -0.25) is 14.5 Å². The van der Waals surface area contributed by atoms with E-state index in [-0.39, 0.29) is 30.9 Å². The Hall–Kier alpha value is -3.50. The summed E-state index contributed by atoms with van der Waals surface area (Å²) in [4.78, 5) is 36.8. The van der Waals surface area contributed by atoms with Crippen molar-refractivity contribution >= 4 is 23.6 Å². The highest BCUT2D eigenvalue weighted by atomic mass is 19.1. The van der Waals surface area contributed by atoms with Crippen molar-refractivity contribution in [3.63, 3.8) is 0 Å². The molecule has 2 aliphatic rings. The Labute approximate surface area is 197 Å². The molecule has 0 spiro atoms. The summed E-state index contributed by atoms with van der Waals surface area (Å²) < 4.78 is 20.2. The second kappa shape index (κ2) is 10.6. The number of hydrogen-bond donors (Lipinski definition) is 4. The van der Waals surface area contributed by atoms with E-state index >= 15 is 0 Å². The highest BCUT2D eigenvalue weighted by Gasteiger charge is 2.32. The average molecular weight is 470 g/mol. The summed E-state index contributed by atoms with van der Waals surface area (Å²) in [5.74, 6) is -0.734. The largest absolute Gasteiger partial charge is 0.442 e. The van der Waals surface area contributed by atoms with E-state index in [0.717, 1.165) is 18.7 Å². The minimum Gasteiger partial charge on any atom is -0.442 e. The number of nitrogens with one attached hydrogen (secondary N) is 4. The third kappa shape index (κ3) is 5.70. The summed E-state index contributed by atoms with van der Waals surface area (Å²) in [6.45, 7) is 4.42. The molecule has 0 aromatic heterocycles. The van der Waals surface area contributed by atoms with Gasteiger partial charge in [0.05, 0.1) is 24.8 Å². The van der Waals surface area contributed by atoms with Gasteiger partial charge in [0, 0.05) is 38.7 Å². The molecular formula is C24H28FN5O4. The van der Waals surface area contributed by atoms with Gasteiger partial charge in [-0.15, -0.1) is 0 Å². The van der Waals surface area contributed by atoms with Gasteiger partial charge in [0.1, 0.15) is 11.9 Å². The second-order valence-electron chi connectivity index (χ2n) is 8.34. The van der Waals surface area contributed by atoms with Crippen LogP contribution >= 0.6 is 0 Å². The van der Waals surface area contributed by atoms with Gasteiger partial charge in [0.15, 0.2) is 0 Å². The molecule has 0 bridgehead atoms. The Kier molecular flexibility index (Phi) is 7.39. The lowest BCUT2D eigenvalue weighted by Gasteiger charge is -2.23. The number of halogens is 1. The van der Waals surface area contributed by atoms with Crippen LogP contribution in [0.1, 0.15) is 12.5 Å². The molecule has 9 nitrogen and oxygen atoms in total. The van der Waals surface area contributed by atoms with Gasteiger partial charge in [-0.05, 0) is 29.3 Å². The first-order chi connectivity index (χ1) is 16.4. The lowest BCUT2D eigenvalue weighted by molar-refractivity contribution is -0.123. The highest BCUT2D eigenvalue weighted by molar-refractivity contribution is 5.90. The lowest BCUT2D eigenvalue weighted by atomic mass is 10.0. The molecule has 2 aromatic rings. The highest BCUT2D eigenvalue weighted by Crippen LogP contribution is 2.29. The first-order valence-electron chi connectivity index (χ1n) is 11.2. The summed E-state index contributed by atoms with van der Waals surface area (Å²) in [5, 5.41) is 11.9. The van der Waals surface area contributed by atoms with E-state index in [1.165, 1.54) is 17.9 Å². The Bertz CT molecular complexity index is 1060. The number of ether oxygens (including phenoxy) is 1. The van der Waals surface area contributed by atoms with E-state index in [1.54, 1.807) is 24.3 Å². The molecule has 0 aliphatic carbocycles. The predicted molar refractivity (Wildman–Crippen MR) is 125 cm³/mol. The molecule has 2 aromatic carbocycles. The molecule has 180 valence electrons.